The predicted molar refractivity (Wildman–Crippen MR) is 80.3 cm³/mol. The third-order valence-electron chi connectivity index (χ3n) is 3.92. The number of Topliss-reactive ketones (excluding diaryl/α,β-unsaturated/α-hetero) is 2. The minimum Gasteiger partial charge on any atom is -0.507 e. The van der Waals surface area contributed by atoms with Crippen LogP contribution in [0.2, 0.25) is 0 Å². The van der Waals surface area contributed by atoms with Gasteiger partial charge in [0.15, 0.2) is 0 Å². The lowest BCUT2D eigenvalue weighted by molar-refractivity contribution is -0.141. The van der Waals surface area contributed by atoms with Crippen molar-refractivity contribution in [1.29, 1.82) is 0 Å². The molecular formula is C17H18O5. The van der Waals surface area contributed by atoms with Crippen molar-refractivity contribution in [3.8, 4) is 0 Å². The number of rotatable bonds is 4. The van der Waals surface area contributed by atoms with Gasteiger partial charge in [-0.2, -0.15) is 0 Å². The third-order valence-corrected chi connectivity index (χ3v) is 3.92. The van der Waals surface area contributed by atoms with Crippen molar-refractivity contribution >= 4 is 23.3 Å². The molecule has 0 saturated heterocycles. The second kappa shape index (κ2) is 6.13. The highest BCUT2D eigenvalue weighted by molar-refractivity contribution is 6.52. The molecule has 1 aliphatic carbocycles. The Labute approximate surface area is 128 Å². The number of carbonyl (C=O) groups is 3. The molecule has 22 heavy (non-hydrogen) atoms. The Morgan fingerprint density at radius 1 is 1.14 bits per heavy atom. The van der Waals surface area contributed by atoms with Crippen molar-refractivity contribution in [1.82, 2.24) is 0 Å². The smallest absolute Gasteiger partial charge is 0.306 e. The molecule has 1 aromatic carbocycles. The molecule has 0 heterocycles. The number of hydrogen-bond acceptors (Lipinski definition) is 5. The summed E-state index contributed by atoms with van der Waals surface area (Å²) in [6.45, 7) is 3.65. The monoisotopic (exact) mass is 302 g/mol. The van der Waals surface area contributed by atoms with Crippen molar-refractivity contribution in [3.63, 3.8) is 0 Å². The second-order valence-corrected chi connectivity index (χ2v) is 5.60. The maximum absolute atomic E-state index is 12.4. The van der Waals surface area contributed by atoms with Crippen LogP contribution in [0.5, 0.6) is 0 Å². The van der Waals surface area contributed by atoms with E-state index in [0.29, 0.717) is 5.56 Å². The fourth-order valence-electron chi connectivity index (χ4n) is 2.66. The van der Waals surface area contributed by atoms with Crippen LogP contribution in [-0.2, 0) is 14.3 Å². The molecule has 0 radical (unpaired) electrons. The first kappa shape index (κ1) is 15.9. The van der Waals surface area contributed by atoms with Crippen molar-refractivity contribution in [2.24, 2.45) is 11.8 Å². The Morgan fingerprint density at radius 2 is 1.73 bits per heavy atom. The third kappa shape index (κ3) is 2.66. The number of ketones is 2. The number of esters is 1. The summed E-state index contributed by atoms with van der Waals surface area (Å²) in [5.41, 5.74) is 0.524. The van der Waals surface area contributed by atoms with Crippen molar-refractivity contribution in [2.45, 2.75) is 20.3 Å². The molecule has 116 valence electrons. The summed E-state index contributed by atoms with van der Waals surface area (Å²) in [6, 6.07) is 6.41. The number of aliphatic hydroxyl groups excluding tert-OH is 1. The van der Waals surface area contributed by atoms with E-state index in [0.717, 1.165) is 0 Å². The number of ether oxygens (including phenoxy) is 1. The van der Waals surface area contributed by atoms with Gasteiger partial charge in [0.2, 0.25) is 11.6 Å². The Balaban J connectivity index is 2.58. The van der Waals surface area contributed by atoms with Gasteiger partial charge in [0.1, 0.15) is 5.76 Å². The van der Waals surface area contributed by atoms with Crippen LogP contribution in [0.4, 0.5) is 0 Å². The zero-order chi connectivity index (χ0) is 16.4. The zero-order valence-electron chi connectivity index (χ0n) is 12.8. The van der Waals surface area contributed by atoms with E-state index in [1.807, 2.05) is 13.8 Å². The molecule has 1 N–H and O–H groups in total. The van der Waals surface area contributed by atoms with E-state index in [2.05, 4.69) is 4.74 Å². The van der Waals surface area contributed by atoms with E-state index in [4.69, 9.17) is 0 Å². The van der Waals surface area contributed by atoms with Crippen LogP contribution in [-0.4, -0.2) is 29.8 Å². The molecule has 1 aliphatic rings. The number of carbonyl (C=O) groups excluding carboxylic acids is 3. The molecule has 0 aromatic heterocycles. The first-order chi connectivity index (χ1) is 10.4. The van der Waals surface area contributed by atoms with Crippen molar-refractivity contribution in [2.75, 3.05) is 7.11 Å². The first-order valence-corrected chi connectivity index (χ1v) is 7.06. The van der Waals surface area contributed by atoms with Gasteiger partial charge in [0, 0.05) is 22.6 Å². The van der Waals surface area contributed by atoms with E-state index in [9.17, 15) is 19.5 Å². The van der Waals surface area contributed by atoms with Crippen LogP contribution in [0.1, 0.15) is 36.2 Å². The van der Waals surface area contributed by atoms with Gasteiger partial charge < -0.3 is 9.84 Å². The van der Waals surface area contributed by atoms with Gasteiger partial charge in [-0.25, -0.2) is 0 Å². The quantitative estimate of drug-likeness (QED) is 0.683. The molecule has 0 amide bonds. The highest BCUT2D eigenvalue weighted by Gasteiger charge is 2.38. The fraction of sp³-hybridized carbons (Fsp3) is 0.353. The lowest BCUT2D eigenvalue weighted by atomic mass is 9.77. The average Bonchev–Trinajstić information content (AvgIpc) is 2.51. The summed E-state index contributed by atoms with van der Waals surface area (Å²) in [4.78, 5) is 36.2. The molecule has 5 heteroatoms. The minimum atomic E-state index is -0.751. The van der Waals surface area contributed by atoms with E-state index in [1.165, 1.54) is 13.2 Å². The number of fused-ring (bicyclic) bond motifs is 1. The summed E-state index contributed by atoms with van der Waals surface area (Å²) < 4.78 is 4.65. The maximum atomic E-state index is 12.4. The average molecular weight is 302 g/mol. The molecule has 0 bridgehead atoms. The van der Waals surface area contributed by atoms with Crippen LogP contribution < -0.4 is 0 Å². The Bertz CT molecular complexity index is 669. The standard InChI is InChI=1S/C17H18O5/c1-9(2)12(8-13(18)22-3)14-15(19)10-6-4-5-7-11(10)16(20)17(14)21/h4-7,9,12,19H,8H2,1-3H3. The number of benzene rings is 1. The van der Waals surface area contributed by atoms with E-state index < -0.39 is 23.5 Å². The van der Waals surface area contributed by atoms with Gasteiger partial charge in [-0.05, 0) is 5.92 Å². The number of methoxy groups -OCH3 is 1. The van der Waals surface area contributed by atoms with Gasteiger partial charge in [0.05, 0.1) is 13.5 Å². The predicted octanol–water partition coefficient (Wildman–Crippen LogP) is 2.56. The maximum Gasteiger partial charge on any atom is 0.306 e. The Hall–Kier alpha value is -2.43. The van der Waals surface area contributed by atoms with Crippen molar-refractivity contribution < 1.29 is 24.2 Å². The first-order valence-electron chi connectivity index (χ1n) is 7.06. The molecule has 0 fully saturated rings. The summed E-state index contributed by atoms with van der Waals surface area (Å²) in [7, 11) is 1.26. The van der Waals surface area contributed by atoms with Gasteiger partial charge >= 0.3 is 5.97 Å². The summed E-state index contributed by atoms with van der Waals surface area (Å²) in [5, 5.41) is 10.5. The van der Waals surface area contributed by atoms with Crippen LogP contribution in [0.15, 0.2) is 29.8 Å². The van der Waals surface area contributed by atoms with Gasteiger partial charge in [-0.15, -0.1) is 0 Å². The molecule has 0 aliphatic heterocycles. The van der Waals surface area contributed by atoms with Crippen LogP contribution >= 0.6 is 0 Å². The van der Waals surface area contributed by atoms with Gasteiger partial charge in [0.25, 0.3) is 0 Å². The Kier molecular flexibility index (Phi) is 4.45. The molecule has 1 atom stereocenters. The van der Waals surface area contributed by atoms with Crippen LogP contribution in [0, 0.1) is 11.8 Å². The molecule has 5 nitrogen and oxygen atoms in total. The minimum absolute atomic E-state index is 0.00380. The summed E-state index contributed by atoms with van der Waals surface area (Å²) in [6.07, 6.45) is -0.0608. The highest BCUT2D eigenvalue weighted by Crippen LogP contribution is 2.36. The van der Waals surface area contributed by atoms with E-state index in [-0.39, 0.29) is 29.2 Å². The summed E-state index contributed by atoms with van der Waals surface area (Å²) in [5.74, 6) is -2.80. The summed E-state index contributed by atoms with van der Waals surface area (Å²) >= 11 is 0. The lowest BCUT2D eigenvalue weighted by Gasteiger charge is -2.26. The largest absolute Gasteiger partial charge is 0.507 e. The van der Waals surface area contributed by atoms with Gasteiger partial charge in [-0.1, -0.05) is 38.1 Å². The normalized spacial score (nSPS) is 15.8. The molecule has 1 unspecified atom stereocenters. The molecule has 2 rings (SSSR count). The fourth-order valence-corrected chi connectivity index (χ4v) is 2.66. The lowest BCUT2D eigenvalue weighted by Crippen LogP contribution is -2.31. The zero-order valence-corrected chi connectivity index (χ0v) is 12.8. The van der Waals surface area contributed by atoms with E-state index in [1.54, 1.807) is 18.2 Å². The number of hydrogen-bond donors (Lipinski definition) is 1. The molecule has 1 aromatic rings. The van der Waals surface area contributed by atoms with Crippen LogP contribution in [0.3, 0.4) is 0 Å². The highest BCUT2D eigenvalue weighted by atomic mass is 16.5. The topological polar surface area (TPSA) is 80.7 Å². The molecular weight excluding hydrogens is 284 g/mol. The van der Waals surface area contributed by atoms with Crippen LogP contribution in [0.25, 0.3) is 5.76 Å². The number of allylic oxidation sites excluding steroid dienone is 1. The Morgan fingerprint density at radius 3 is 2.27 bits per heavy atom. The SMILES string of the molecule is COC(=O)CC(C1=C(O)c2ccccc2C(=O)C1=O)C(C)C. The molecule has 0 spiro atoms. The second-order valence-electron chi connectivity index (χ2n) is 5.60. The van der Waals surface area contributed by atoms with Crippen molar-refractivity contribution in [3.05, 3.63) is 41.0 Å². The van der Waals surface area contributed by atoms with Gasteiger partial charge in [-0.3, -0.25) is 14.4 Å². The number of aliphatic hydroxyl groups is 1. The van der Waals surface area contributed by atoms with E-state index >= 15 is 0 Å². The molecule has 0 saturated carbocycles.